The number of pyridine rings is 1. The highest BCUT2D eigenvalue weighted by molar-refractivity contribution is 7.80. The van der Waals surface area contributed by atoms with Crippen molar-refractivity contribution in [3.63, 3.8) is 0 Å². The molecule has 5 rings (SSSR count). The van der Waals surface area contributed by atoms with Crippen LogP contribution in [0.4, 0.5) is 5.69 Å². The Morgan fingerprint density at radius 2 is 1.82 bits per heavy atom. The van der Waals surface area contributed by atoms with Gasteiger partial charge in [-0.1, -0.05) is 43.3 Å². The summed E-state index contributed by atoms with van der Waals surface area (Å²) in [4.78, 5) is 19.9. The van der Waals surface area contributed by atoms with E-state index in [4.69, 9.17) is 17.0 Å². The molecule has 0 unspecified atom stereocenters. The molecule has 7 nitrogen and oxygen atoms in total. The zero-order chi connectivity index (χ0) is 28.2. The molecule has 1 aliphatic heterocycles. The number of benzene rings is 2. The lowest BCUT2D eigenvalue weighted by Gasteiger charge is -2.28. The van der Waals surface area contributed by atoms with Gasteiger partial charge in [-0.25, -0.2) is 0 Å². The van der Waals surface area contributed by atoms with Gasteiger partial charge in [0.25, 0.3) is 0 Å². The fourth-order valence-electron chi connectivity index (χ4n) is 5.65. The van der Waals surface area contributed by atoms with Gasteiger partial charge in [-0.2, -0.15) is 0 Å². The maximum absolute atomic E-state index is 13.0. The summed E-state index contributed by atoms with van der Waals surface area (Å²) < 4.78 is 7.72. The maximum Gasteiger partial charge on any atom is 0.226 e. The number of aryl methyl sites for hydroxylation is 2. The number of aromatic nitrogens is 2. The second-order valence-electron chi connectivity index (χ2n) is 9.96. The highest BCUT2D eigenvalue weighted by atomic mass is 32.1. The topological polar surface area (TPSA) is 71.4 Å². The second kappa shape index (κ2) is 11.9. The van der Waals surface area contributed by atoms with E-state index in [0.717, 1.165) is 29.1 Å². The van der Waals surface area contributed by atoms with Crippen LogP contribution in [-0.2, 0) is 11.2 Å². The molecule has 1 fully saturated rings. The number of para-hydroxylation sites is 3. The Labute approximate surface area is 241 Å². The van der Waals surface area contributed by atoms with Crippen LogP contribution in [0, 0.1) is 13.8 Å². The van der Waals surface area contributed by atoms with Crippen molar-refractivity contribution in [3.8, 4) is 11.4 Å². The average molecular weight is 554 g/mol. The third-order valence-corrected chi connectivity index (χ3v) is 7.91. The van der Waals surface area contributed by atoms with Gasteiger partial charge in [0.2, 0.25) is 5.91 Å². The van der Waals surface area contributed by atoms with Crippen LogP contribution in [0.5, 0.6) is 5.75 Å². The number of carbonyl (C=O) groups is 1. The quantitative estimate of drug-likeness (QED) is 0.246. The molecule has 8 heteroatoms. The minimum Gasteiger partial charge on any atom is -0.495 e. The number of methoxy groups -OCH3 is 1. The molecule has 1 aliphatic rings. The number of nitrogens with zero attached hydrogens (tertiary/aromatic N) is 3. The van der Waals surface area contributed by atoms with Crippen molar-refractivity contribution in [2.45, 2.75) is 45.7 Å². The van der Waals surface area contributed by atoms with Crippen molar-refractivity contribution in [1.82, 2.24) is 19.8 Å². The monoisotopic (exact) mass is 553 g/mol. The summed E-state index contributed by atoms with van der Waals surface area (Å²) in [5.74, 6) is 0.525. The predicted molar refractivity (Wildman–Crippen MR) is 163 cm³/mol. The molecule has 4 aromatic rings. The summed E-state index contributed by atoms with van der Waals surface area (Å²) in [7, 11) is 1.59. The number of ether oxygens (including phenoxy) is 1. The molecule has 206 valence electrons. The first-order valence-corrected chi connectivity index (χ1v) is 14.0. The number of nitrogens with one attached hydrogen (secondary N) is 2. The van der Waals surface area contributed by atoms with Crippen molar-refractivity contribution in [2.24, 2.45) is 0 Å². The molecule has 1 saturated heterocycles. The molecule has 2 atom stereocenters. The third kappa shape index (κ3) is 5.31. The van der Waals surface area contributed by atoms with Gasteiger partial charge < -0.3 is 24.8 Å². The number of hydrogen-bond donors (Lipinski definition) is 2. The lowest BCUT2D eigenvalue weighted by atomic mass is 9.96. The van der Waals surface area contributed by atoms with E-state index in [-0.39, 0.29) is 24.4 Å². The summed E-state index contributed by atoms with van der Waals surface area (Å²) in [6.07, 6.45) is 3.02. The zero-order valence-electron chi connectivity index (χ0n) is 23.3. The molecule has 2 aromatic carbocycles. The van der Waals surface area contributed by atoms with Crippen LogP contribution in [0.2, 0.25) is 0 Å². The van der Waals surface area contributed by atoms with Gasteiger partial charge in [-0.3, -0.25) is 9.78 Å². The molecular weight excluding hydrogens is 518 g/mol. The SMILES string of the molecule is CCc1ccccc1-n1c(C)cc([C@H]2[C@@H](c3ccccn3)NC(=S)N2CCC(=O)Nc2ccccc2OC)c1C. The van der Waals surface area contributed by atoms with Gasteiger partial charge in [0.05, 0.1) is 30.6 Å². The van der Waals surface area contributed by atoms with E-state index in [2.05, 4.69) is 76.2 Å². The first-order chi connectivity index (χ1) is 19.4. The molecule has 1 amide bonds. The molecule has 0 aliphatic carbocycles. The van der Waals surface area contributed by atoms with Crippen LogP contribution in [-0.4, -0.2) is 39.1 Å². The lowest BCUT2D eigenvalue weighted by molar-refractivity contribution is -0.116. The van der Waals surface area contributed by atoms with Crippen LogP contribution in [0.15, 0.2) is 79.0 Å². The standard InChI is InChI=1S/C32H35N5O2S/c1-5-23-12-6-8-15-27(23)37-21(2)20-24(22(37)3)31-30(26-14-10-11-18-33-26)35-32(40)36(31)19-17-29(38)34-25-13-7-9-16-28(25)39-4/h6-16,18,20,30-31H,5,17,19H2,1-4H3,(H,34,38)(H,35,40)/t30-,31+/m1/s1. The van der Waals surface area contributed by atoms with Crippen molar-refractivity contribution < 1.29 is 9.53 Å². The molecule has 0 bridgehead atoms. The average Bonchev–Trinajstić information content (AvgIpc) is 3.46. The second-order valence-corrected chi connectivity index (χ2v) is 10.3. The Morgan fingerprint density at radius 1 is 1.07 bits per heavy atom. The summed E-state index contributed by atoms with van der Waals surface area (Å²) in [5.41, 5.74) is 7.52. The van der Waals surface area contributed by atoms with Crippen LogP contribution < -0.4 is 15.4 Å². The van der Waals surface area contributed by atoms with Gasteiger partial charge in [0.15, 0.2) is 5.11 Å². The Morgan fingerprint density at radius 3 is 2.58 bits per heavy atom. The molecule has 2 aromatic heterocycles. The van der Waals surface area contributed by atoms with E-state index in [1.54, 1.807) is 13.3 Å². The van der Waals surface area contributed by atoms with E-state index in [0.29, 0.717) is 23.1 Å². The first kappa shape index (κ1) is 27.4. The van der Waals surface area contributed by atoms with Gasteiger partial charge in [-0.05, 0) is 80.0 Å². The van der Waals surface area contributed by atoms with E-state index < -0.39 is 0 Å². The summed E-state index contributed by atoms with van der Waals surface area (Å²) >= 11 is 5.86. The minimum atomic E-state index is -0.152. The van der Waals surface area contributed by atoms with Crippen molar-refractivity contribution in [2.75, 3.05) is 19.0 Å². The van der Waals surface area contributed by atoms with E-state index in [1.807, 2.05) is 42.5 Å². The third-order valence-electron chi connectivity index (χ3n) is 7.56. The summed E-state index contributed by atoms with van der Waals surface area (Å²) in [6.45, 7) is 6.95. The molecule has 2 N–H and O–H groups in total. The largest absolute Gasteiger partial charge is 0.495 e. The Kier molecular flexibility index (Phi) is 8.16. The first-order valence-electron chi connectivity index (χ1n) is 13.6. The number of rotatable bonds is 9. The molecule has 0 radical (unpaired) electrons. The van der Waals surface area contributed by atoms with Crippen molar-refractivity contribution in [3.05, 3.63) is 107 Å². The van der Waals surface area contributed by atoms with Crippen LogP contribution >= 0.6 is 12.2 Å². The minimum absolute atomic E-state index is 0.102. The fourth-order valence-corrected chi connectivity index (χ4v) is 5.98. The molecular formula is C32H35N5O2S. The summed E-state index contributed by atoms with van der Waals surface area (Å²) in [6, 6.07) is 23.9. The van der Waals surface area contributed by atoms with Gasteiger partial charge in [-0.15, -0.1) is 0 Å². The maximum atomic E-state index is 13.0. The van der Waals surface area contributed by atoms with Crippen LogP contribution in [0.3, 0.4) is 0 Å². The zero-order valence-corrected chi connectivity index (χ0v) is 24.2. The number of carbonyl (C=O) groups excluding carboxylic acids is 1. The number of anilines is 1. The number of amides is 1. The molecule has 40 heavy (non-hydrogen) atoms. The predicted octanol–water partition coefficient (Wildman–Crippen LogP) is 6.06. The van der Waals surface area contributed by atoms with Gasteiger partial charge in [0, 0.05) is 36.2 Å². The van der Waals surface area contributed by atoms with Gasteiger partial charge >= 0.3 is 0 Å². The fraction of sp³-hybridized carbons (Fsp3) is 0.281. The summed E-state index contributed by atoms with van der Waals surface area (Å²) in [5, 5.41) is 7.11. The number of hydrogen-bond acceptors (Lipinski definition) is 4. The van der Waals surface area contributed by atoms with Crippen molar-refractivity contribution in [1.29, 1.82) is 0 Å². The van der Waals surface area contributed by atoms with Crippen LogP contribution in [0.25, 0.3) is 5.69 Å². The Balaban J connectivity index is 1.48. The Bertz CT molecular complexity index is 1520. The smallest absolute Gasteiger partial charge is 0.226 e. The van der Waals surface area contributed by atoms with E-state index in [1.165, 1.54) is 11.3 Å². The van der Waals surface area contributed by atoms with Crippen molar-refractivity contribution >= 4 is 28.9 Å². The highest BCUT2D eigenvalue weighted by Crippen LogP contribution is 2.41. The molecule has 3 heterocycles. The number of thiocarbonyl (C=S) groups is 1. The molecule has 0 saturated carbocycles. The van der Waals surface area contributed by atoms with Crippen LogP contribution in [0.1, 0.15) is 53.6 Å². The normalized spacial score (nSPS) is 16.6. The Hall–Kier alpha value is -4.17. The highest BCUT2D eigenvalue weighted by Gasteiger charge is 2.41. The molecule has 0 spiro atoms. The lowest BCUT2D eigenvalue weighted by Crippen LogP contribution is -2.33. The van der Waals surface area contributed by atoms with Gasteiger partial charge in [0.1, 0.15) is 5.75 Å². The van der Waals surface area contributed by atoms with E-state index >= 15 is 0 Å². The van der Waals surface area contributed by atoms with E-state index in [9.17, 15) is 4.79 Å².